The van der Waals surface area contributed by atoms with Gasteiger partial charge < -0.3 is 5.43 Å². The summed E-state index contributed by atoms with van der Waals surface area (Å²) < 4.78 is 0. The molecule has 0 saturated carbocycles. The monoisotopic (exact) mass is 275 g/mol. The van der Waals surface area contributed by atoms with Crippen LogP contribution in [0, 0.1) is 0 Å². The molecule has 0 spiro atoms. The first-order valence-corrected chi connectivity index (χ1v) is 6.46. The highest BCUT2D eigenvalue weighted by molar-refractivity contribution is 6.78. The minimum atomic E-state index is -0.589. The quantitative estimate of drug-likeness (QED) is 0.739. The molecule has 2 aliphatic heterocycles. The molecule has 3 aliphatic rings. The smallest absolute Gasteiger partial charge is 0.216 e. The fourth-order valence-corrected chi connectivity index (χ4v) is 2.78. The average molecular weight is 275 g/mol. The Balaban J connectivity index is 1.79. The van der Waals surface area contributed by atoms with Crippen LogP contribution in [0.1, 0.15) is 15.9 Å². The van der Waals surface area contributed by atoms with E-state index < -0.39 is 6.29 Å². The van der Waals surface area contributed by atoms with E-state index in [1.807, 2.05) is 36.4 Å². The van der Waals surface area contributed by atoms with Crippen molar-refractivity contribution >= 4 is 28.0 Å². The van der Waals surface area contributed by atoms with Crippen molar-refractivity contribution in [1.29, 1.82) is 0 Å². The third kappa shape index (κ3) is 1.29. The second kappa shape index (κ2) is 3.51. The number of hydrogen-bond donors (Lipinski definition) is 0. The number of aliphatic imine (C=N–C) groups is 1. The maximum absolute atomic E-state index is 12.5. The molecule has 0 N–H and O–H groups in total. The van der Waals surface area contributed by atoms with Crippen LogP contribution in [0.25, 0.3) is 16.2 Å². The summed E-state index contributed by atoms with van der Waals surface area (Å²) in [5, 5.41) is 14.8. The zero-order valence-corrected chi connectivity index (χ0v) is 10.6. The van der Waals surface area contributed by atoms with Gasteiger partial charge in [-0.3, -0.25) is 20.2 Å². The highest BCUT2D eigenvalue weighted by Gasteiger charge is 2.37. The van der Waals surface area contributed by atoms with E-state index in [0.717, 1.165) is 16.3 Å². The van der Waals surface area contributed by atoms with Crippen LogP contribution in [0.15, 0.2) is 56.9 Å². The molecule has 0 aromatic heterocycles. The van der Waals surface area contributed by atoms with Crippen molar-refractivity contribution in [3.63, 3.8) is 0 Å². The van der Waals surface area contributed by atoms with Gasteiger partial charge in [0.15, 0.2) is 12.0 Å². The number of nitrogens with zero attached hydrogens (tertiary/aromatic N) is 6. The van der Waals surface area contributed by atoms with Crippen LogP contribution in [0.2, 0.25) is 0 Å². The second-order valence-corrected chi connectivity index (χ2v) is 4.96. The van der Waals surface area contributed by atoms with Gasteiger partial charge in [0.25, 0.3) is 0 Å². The normalized spacial score (nSPS) is 21.6. The molecule has 7 heteroatoms. The lowest BCUT2D eigenvalue weighted by atomic mass is 10.0. The van der Waals surface area contributed by atoms with Gasteiger partial charge >= 0.3 is 0 Å². The maximum Gasteiger partial charge on any atom is 0.216 e. The van der Waals surface area contributed by atoms with E-state index in [2.05, 4.69) is 26.0 Å². The predicted octanol–water partition coefficient (Wildman–Crippen LogP) is 2.45. The predicted molar refractivity (Wildman–Crippen MR) is 76.1 cm³/mol. The van der Waals surface area contributed by atoms with Crippen molar-refractivity contribution in [2.24, 2.45) is 20.5 Å². The standard InChI is InChI=1S/C14H7N6O/c21-13-10-6-8-4-2-1-3-7(8)5-9(10)11-12(13)17-20-14(15-11)16-18-19-20/h1-6,14H/q-1. The van der Waals surface area contributed by atoms with Gasteiger partial charge in [0, 0.05) is 11.1 Å². The Bertz CT molecular complexity index is 913. The van der Waals surface area contributed by atoms with Crippen molar-refractivity contribution < 1.29 is 4.79 Å². The topological polar surface area (TPSA) is 83.9 Å². The molecule has 0 saturated heterocycles. The molecule has 7 nitrogen and oxygen atoms in total. The van der Waals surface area contributed by atoms with E-state index in [4.69, 9.17) is 0 Å². The number of fused-ring (bicyclic) bond motifs is 5. The summed E-state index contributed by atoms with van der Waals surface area (Å²) in [4.78, 5) is 17.0. The van der Waals surface area contributed by atoms with Crippen molar-refractivity contribution in [2.45, 2.75) is 6.29 Å². The van der Waals surface area contributed by atoms with E-state index in [9.17, 15) is 4.79 Å². The summed E-state index contributed by atoms with van der Waals surface area (Å²) in [5.41, 5.74) is 6.18. The van der Waals surface area contributed by atoms with Crippen molar-refractivity contribution in [3.8, 4) is 0 Å². The summed E-state index contributed by atoms with van der Waals surface area (Å²) in [6, 6.07) is 11.8. The molecule has 1 unspecified atom stereocenters. The van der Waals surface area contributed by atoms with E-state index in [1.165, 1.54) is 5.12 Å². The van der Waals surface area contributed by atoms with Crippen LogP contribution in [-0.4, -0.2) is 28.6 Å². The summed E-state index contributed by atoms with van der Waals surface area (Å²) in [6.07, 6.45) is -0.589. The number of hydrogen-bond acceptors (Lipinski definition) is 6. The van der Waals surface area contributed by atoms with E-state index >= 15 is 0 Å². The fraction of sp³-hybridized carbons (Fsp3) is 0.0714. The molecule has 0 amide bonds. The largest absolute Gasteiger partial charge is 0.335 e. The number of Topliss-reactive ketones (excluding diaryl/α,β-unsaturated/α-hetero) is 1. The number of carbonyl (C=O) groups is 1. The molecule has 21 heavy (non-hydrogen) atoms. The van der Waals surface area contributed by atoms with Crippen LogP contribution >= 0.6 is 0 Å². The fourth-order valence-electron chi connectivity index (χ4n) is 2.78. The van der Waals surface area contributed by atoms with Crippen molar-refractivity contribution in [3.05, 3.63) is 53.0 Å². The minimum absolute atomic E-state index is 0.130. The van der Waals surface area contributed by atoms with Gasteiger partial charge in [-0.2, -0.15) is 5.10 Å². The molecule has 5 rings (SSSR count). The second-order valence-electron chi connectivity index (χ2n) is 4.96. The number of ketones is 1. The summed E-state index contributed by atoms with van der Waals surface area (Å²) in [6.45, 7) is 0. The van der Waals surface area contributed by atoms with E-state index in [0.29, 0.717) is 17.0 Å². The molecule has 1 atom stereocenters. The zero-order chi connectivity index (χ0) is 14.0. The van der Waals surface area contributed by atoms with Gasteiger partial charge in [-0.25, -0.2) is 5.12 Å². The van der Waals surface area contributed by atoms with Gasteiger partial charge in [0.2, 0.25) is 5.78 Å². The molecule has 0 radical (unpaired) electrons. The Kier molecular flexibility index (Phi) is 1.78. The molecule has 2 heterocycles. The summed E-state index contributed by atoms with van der Waals surface area (Å²) in [7, 11) is 0. The first-order chi connectivity index (χ1) is 10.3. The molecule has 2 aromatic carbocycles. The molecule has 0 bridgehead atoms. The Labute approximate surface area is 118 Å². The van der Waals surface area contributed by atoms with Gasteiger partial charge in [0.05, 0.1) is 5.71 Å². The highest BCUT2D eigenvalue weighted by atomic mass is 16.1. The number of carbonyl (C=O) groups excluding carboxylic acids is 1. The SMILES string of the molecule is O=C1C2=NN3N=N[N-]C3N=C2c2cc3ccccc3cc21. The Morgan fingerprint density at radius 2 is 1.81 bits per heavy atom. The van der Waals surface area contributed by atoms with Crippen molar-refractivity contribution in [2.75, 3.05) is 0 Å². The van der Waals surface area contributed by atoms with Gasteiger partial charge in [0.1, 0.15) is 0 Å². The minimum Gasteiger partial charge on any atom is -0.335 e. The lowest BCUT2D eigenvalue weighted by Crippen LogP contribution is -2.31. The molecule has 0 fully saturated rings. The van der Waals surface area contributed by atoms with E-state index in [-0.39, 0.29) is 5.78 Å². The Morgan fingerprint density at radius 3 is 2.62 bits per heavy atom. The van der Waals surface area contributed by atoms with Crippen molar-refractivity contribution in [1.82, 2.24) is 5.12 Å². The molecular weight excluding hydrogens is 268 g/mol. The zero-order valence-electron chi connectivity index (χ0n) is 10.6. The lowest BCUT2D eigenvalue weighted by Gasteiger charge is -2.25. The van der Waals surface area contributed by atoms with Crippen LogP contribution < -0.4 is 0 Å². The van der Waals surface area contributed by atoms with Crippen LogP contribution in [-0.2, 0) is 0 Å². The first-order valence-electron chi connectivity index (χ1n) is 6.46. The third-order valence-electron chi connectivity index (χ3n) is 3.77. The number of rotatable bonds is 0. The molecule has 100 valence electrons. The van der Waals surface area contributed by atoms with Gasteiger partial charge in [-0.05, 0) is 22.9 Å². The number of benzene rings is 2. The third-order valence-corrected chi connectivity index (χ3v) is 3.77. The first kappa shape index (κ1) is 10.7. The van der Waals surface area contributed by atoms with E-state index in [1.54, 1.807) is 0 Å². The Morgan fingerprint density at radius 1 is 1.05 bits per heavy atom. The summed E-state index contributed by atoms with van der Waals surface area (Å²) in [5.74, 6) is -0.130. The Hall–Kier alpha value is -3.09. The van der Waals surface area contributed by atoms with Crippen LogP contribution in [0.5, 0.6) is 0 Å². The number of hydrazone groups is 1. The van der Waals surface area contributed by atoms with Crippen LogP contribution in [0.4, 0.5) is 0 Å². The molecule has 1 aliphatic carbocycles. The van der Waals surface area contributed by atoms with Crippen LogP contribution in [0.3, 0.4) is 0 Å². The van der Waals surface area contributed by atoms with Gasteiger partial charge in [-0.15, -0.1) is 0 Å². The maximum atomic E-state index is 12.5. The van der Waals surface area contributed by atoms with Gasteiger partial charge in [-0.1, -0.05) is 24.3 Å². The molecular formula is C14H7N6O-. The molecule has 2 aromatic rings. The lowest BCUT2D eigenvalue weighted by molar-refractivity contribution is 0.106. The average Bonchev–Trinajstić information content (AvgIpc) is 3.08. The summed E-state index contributed by atoms with van der Waals surface area (Å²) >= 11 is 0. The highest BCUT2D eigenvalue weighted by Crippen LogP contribution is 2.32.